The molecule has 0 saturated heterocycles. The Morgan fingerprint density at radius 2 is 1.62 bits per heavy atom. The van der Waals surface area contributed by atoms with Crippen molar-refractivity contribution in [3.05, 3.63) is 28.8 Å². The summed E-state index contributed by atoms with van der Waals surface area (Å²) in [5.74, 6) is 0. The molecular formula is C12H20N2S7. The van der Waals surface area contributed by atoms with E-state index in [0.717, 1.165) is 41.1 Å². The predicted octanol–water partition coefficient (Wildman–Crippen LogP) is 4.69. The number of hydrogen-bond acceptors (Lipinski definition) is 9. The maximum Gasteiger partial charge on any atom is 0.0703 e. The lowest BCUT2D eigenvalue weighted by atomic mass is 10.1. The van der Waals surface area contributed by atoms with Crippen molar-refractivity contribution in [2.24, 2.45) is 0 Å². The predicted molar refractivity (Wildman–Crippen MR) is 116 cm³/mol. The van der Waals surface area contributed by atoms with Crippen LogP contribution in [-0.2, 0) is 0 Å². The van der Waals surface area contributed by atoms with Crippen molar-refractivity contribution in [3.63, 3.8) is 0 Å². The Morgan fingerprint density at radius 1 is 1.10 bits per heavy atom. The van der Waals surface area contributed by atoms with E-state index in [1.54, 1.807) is 15.7 Å². The Bertz CT molecular complexity index is 422. The minimum Gasteiger partial charge on any atom is -0.260 e. The van der Waals surface area contributed by atoms with Crippen molar-refractivity contribution in [2.45, 2.75) is 27.4 Å². The van der Waals surface area contributed by atoms with Crippen LogP contribution in [0.15, 0.2) is 17.0 Å². The second-order valence-electron chi connectivity index (χ2n) is 4.47. The molecule has 0 aromatic heterocycles. The minimum atomic E-state index is -0.140. The Morgan fingerprint density at radius 3 is 2.05 bits per heavy atom. The van der Waals surface area contributed by atoms with Gasteiger partial charge in [0.2, 0.25) is 0 Å². The van der Waals surface area contributed by atoms with Gasteiger partial charge >= 0.3 is 0 Å². The number of hydrogen-bond donors (Lipinski definition) is 7. The van der Waals surface area contributed by atoms with E-state index in [1.165, 1.54) is 0 Å². The van der Waals surface area contributed by atoms with Gasteiger partial charge in [-0.1, -0.05) is 43.3 Å². The number of rotatable bonds is 8. The molecule has 0 saturated carbocycles. The van der Waals surface area contributed by atoms with Gasteiger partial charge in [-0.2, -0.15) is 54.2 Å². The van der Waals surface area contributed by atoms with Crippen LogP contribution in [0.1, 0.15) is 32.3 Å². The molecule has 0 fully saturated rings. The van der Waals surface area contributed by atoms with Gasteiger partial charge in [0.05, 0.1) is 9.16 Å². The molecule has 0 unspecified atom stereocenters. The molecule has 0 amide bonds. The summed E-state index contributed by atoms with van der Waals surface area (Å²) < 4.78 is 4.65. The highest BCUT2D eigenvalue weighted by molar-refractivity contribution is 8.00. The first kappa shape index (κ1) is 20.6. The lowest BCUT2D eigenvalue weighted by Crippen LogP contribution is -2.12. The van der Waals surface area contributed by atoms with Crippen LogP contribution in [0.4, 0.5) is 0 Å². The molecule has 0 aliphatic rings. The molecule has 0 atom stereocenters. The van der Waals surface area contributed by atoms with E-state index in [4.69, 9.17) is 0 Å². The maximum atomic E-state index is 4.46. The normalized spacial score (nSPS) is 11.9. The second-order valence-corrected chi connectivity index (χ2v) is 9.53. The molecule has 1 aromatic carbocycles. The summed E-state index contributed by atoms with van der Waals surface area (Å²) in [4.78, 5) is 1.10. The lowest BCUT2D eigenvalue weighted by Gasteiger charge is -2.19. The topological polar surface area (TPSA) is 15.3 Å². The van der Waals surface area contributed by atoms with Crippen LogP contribution in [-0.4, -0.2) is 16.8 Å². The van der Waals surface area contributed by atoms with Crippen LogP contribution in [0.3, 0.4) is 0 Å². The van der Waals surface area contributed by atoms with Gasteiger partial charge in [-0.3, -0.25) is 4.72 Å². The molecule has 1 N–H and O–H groups in total. The summed E-state index contributed by atoms with van der Waals surface area (Å²) in [7, 11) is 0. The zero-order valence-electron chi connectivity index (χ0n) is 11.5. The van der Waals surface area contributed by atoms with E-state index in [1.807, 2.05) is 0 Å². The van der Waals surface area contributed by atoms with Crippen LogP contribution >= 0.6 is 88.1 Å². The summed E-state index contributed by atoms with van der Waals surface area (Å²) in [6.45, 7) is 3.70. The summed E-state index contributed by atoms with van der Waals surface area (Å²) in [5.41, 5.74) is 3.31. The monoisotopic (exact) mass is 416 g/mol. The summed E-state index contributed by atoms with van der Waals surface area (Å²) in [5, 5.41) is 0. The molecule has 0 aliphatic heterocycles. The third-order valence-electron chi connectivity index (χ3n) is 2.66. The molecule has 0 bridgehead atoms. The molecule has 0 heterocycles. The van der Waals surface area contributed by atoms with E-state index in [-0.39, 0.29) is 9.16 Å². The van der Waals surface area contributed by atoms with Crippen molar-refractivity contribution >= 4 is 88.1 Å². The fourth-order valence-corrected chi connectivity index (χ4v) is 4.17. The SMILES string of the molecule is Cc1cc(C(S)S)c(SNCCCN(S)S)c(C(S)S)c1. The van der Waals surface area contributed by atoms with Crippen LogP contribution in [0.5, 0.6) is 0 Å². The van der Waals surface area contributed by atoms with Gasteiger partial charge in [-0.05, 0) is 36.4 Å². The number of nitrogens with one attached hydrogen (secondary N) is 1. The summed E-state index contributed by atoms with van der Waals surface area (Å²) in [6, 6.07) is 4.20. The largest absolute Gasteiger partial charge is 0.260 e. The second kappa shape index (κ2) is 10.5. The van der Waals surface area contributed by atoms with E-state index in [0.29, 0.717) is 0 Å². The number of benzene rings is 1. The third-order valence-corrected chi connectivity index (χ3v) is 5.19. The number of thiol groups is 6. The molecule has 1 rings (SSSR count). The van der Waals surface area contributed by atoms with Gasteiger partial charge in [-0.15, -0.1) is 0 Å². The Kier molecular flexibility index (Phi) is 10.3. The molecule has 1 aromatic rings. The van der Waals surface area contributed by atoms with Gasteiger partial charge in [0, 0.05) is 18.0 Å². The van der Waals surface area contributed by atoms with Gasteiger partial charge in [-0.25, -0.2) is 0 Å². The van der Waals surface area contributed by atoms with Crippen molar-refractivity contribution in [1.82, 2.24) is 8.43 Å². The molecular weight excluding hydrogens is 397 g/mol. The highest BCUT2D eigenvalue weighted by Gasteiger charge is 2.17. The highest BCUT2D eigenvalue weighted by Crippen LogP contribution is 2.40. The zero-order valence-corrected chi connectivity index (χ0v) is 17.7. The summed E-state index contributed by atoms with van der Waals surface area (Å²) >= 11 is 27.6. The zero-order chi connectivity index (χ0) is 16.0. The van der Waals surface area contributed by atoms with E-state index >= 15 is 0 Å². The van der Waals surface area contributed by atoms with E-state index < -0.39 is 0 Å². The lowest BCUT2D eigenvalue weighted by molar-refractivity contribution is 0.677. The maximum absolute atomic E-state index is 4.46. The molecule has 0 spiro atoms. The van der Waals surface area contributed by atoms with Crippen molar-refractivity contribution in [2.75, 3.05) is 13.1 Å². The first-order valence-corrected chi connectivity index (χ1v) is 9.92. The van der Waals surface area contributed by atoms with Crippen molar-refractivity contribution < 1.29 is 0 Å². The first-order valence-electron chi connectivity index (χ1n) is 6.24. The third kappa shape index (κ3) is 7.34. The summed E-state index contributed by atoms with van der Waals surface area (Å²) in [6.07, 6.45) is 0.951. The molecule has 0 aliphatic carbocycles. The molecule has 0 radical (unpaired) electrons. The standard InChI is InChI=1S/C12H20N2S7/c1-7-5-8(11(15)16)10(9(6-7)12(17)18)21-13-3-2-4-14(19)20/h5-6,11-13,15-20H,2-4H2,1H3. The van der Waals surface area contributed by atoms with E-state index in [2.05, 4.69) is 99.9 Å². The smallest absolute Gasteiger partial charge is 0.0703 e. The van der Waals surface area contributed by atoms with Crippen LogP contribution < -0.4 is 4.72 Å². The van der Waals surface area contributed by atoms with Gasteiger partial charge in [0.15, 0.2) is 0 Å². The minimum absolute atomic E-state index is 0.140. The Hall–Kier alpha value is 1.59. The quantitative estimate of drug-likeness (QED) is 0.144. The van der Waals surface area contributed by atoms with E-state index in [9.17, 15) is 0 Å². The van der Waals surface area contributed by atoms with Gasteiger partial charge in [0.25, 0.3) is 0 Å². The highest BCUT2D eigenvalue weighted by atomic mass is 32.2. The fraction of sp³-hybridized carbons (Fsp3) is 0.500. The molecule has 9 heteroatoms. The van der Waals surface area contributed by atoms with Crippen molar-refractivity contribution in [3.8, 4) is 0 Å². The molecule has 120 valence electrons. The van der Waals surface area contributed by atoms with Crippen LogP contribution in [0.25, 0.3) is 0 Å². The average Bonchev–Trinajstić information content (AvgIpc) is 2.38. The van der Waals surface area contributed by atoms with Gasteiger partial charge < -0.3 is 0 Å². The van der Waals surface area contributed by atoms with Crippen LogP contribution in [0.2, 0.25) is 0 Å². The first-order chi connectivity index (χ1) is 9.82. The van der Waals surface area contributed by atoms with Crippen LogP contribution in [0, 0.1) is 6.92 Å². The van der Waals surface area contributed by atoms with Gasteiger partial charge in [0.1, 0.15) is 0 Å². The van der Waals surface area contributed by atoms with Crippen molar-refractivity contribution in [1.29, 1.82) is 0 Å². The average molecular weight is 417 g/mol. The Balaban J connectivity index is 2.82. The fourth-order valence-electron chi connectivity index (χ4n) is 1.75. The number of aryl methyl sites for hydroxylation is 1. The molecule has 21 heavy (non-hydrogen) atoms. The number of nitrogens with zero attached hydrogens (tertiary/aromatic N) is 1. The Labute approximate surface area is 164 Å². The molecule has 2 nitrogen and oxygen atoms in total.